The highest BCUT2D eigenvalue weighted by molar-refractivity contribution is 5.21. The van der Waals surface area contributed by atoms with Crippen molar-refractivity contribution in [3.63, 3.8) is 0 Å². The van der Waals surface area contributed by atoms with Gasteiger partial charge in [-0.1, -0.05) is 32.6 Å². The lowest BCUT2D eigenvalue weighted by Crippen LogP contribution is -2.64. The van der Waals surface area contributed by atoms with E-state index in [2.05, 4.69) is 6.92 Å². The van der Waals surface area contributed by atoms with Crippen LogP contribution in [-0.2, 0) is 0 Å². The molecule has 0 saturated heterocycles. The second kappa shape index (κ2) is 4.55. The van der Waals surface area contributed by atoms with Crippen molar-refractivity contribution in [1.82, 2.24) is 0 Å². The van der Waals surface area contributed by atoms with Gasteiger partial charge in [0, 0.05) is 0 Å². The Bertz CT molecular complexity index is 504. The molecule has 0 aromatic heterocycles. The summed E-state index contributed by atoms with van der Waals surface area (Å²) in [6, 6.07) is 0. The molecule has 2 spiro atoms. The Morgan fingerprint density at radius 1 is 0.826 bits per heavy atom. The molecule has 5 fully saturated rings. The first-order chi connectivity index (χ1) is 10.9. The fourth-order valence-corrected chi connectivity index (χ4v) is 8.80. The summed E-state index contributed by atoms with van der Waals surface area (Å²) in [5, 5.41) is 22.8. The van der Waals surface area contributed by atoms with Crippen LogP contribution in [0.4, 0.5) is 0 Å². The maximum Gasteiger partial charge on any atom is 0.0685 e. The molecule has 2 nitrogen and oxygen atoms in total. The van der Waals surface area contributed by atoms with Gasteiger partial charge in [-0.15, -0.1) is 0 Å². The van der Waals surface area contributed by atoms with E-state index in [0.29, 0.717) is 22.7 Å². The molecule has 2 bridgehead atoms. The zero-order valence-electron chi connectivity index (χ0n) is 14.8. The molecule has 6 unspecified atom stereocenters. The molecule has 2 N–H and O–H groups in total. The SMILES string of the molecule is CC12CCCC(O)(C1)C1CC3(CCCC34CCCC4)C1C(O)C2. The molecule has 5 saturated carbocycles. The van der Waals surface area contributed by atoms with Gasteiger partial charge in [0.2, 0.25) is 0 Å². The fourth-order valence-electron chi connectivity index (χ4n) is 8.80. The van der Waals surface area contributed by atoms with Gasteiger partial charge in [0.05, 0.1) is 11.7 Å². The molecule has 0 aromatic carbocycles. The number of hydrogen-bond donors (Lipinski definition) is 2. The quantitative estimate of drug-likeness (QED) is 0.693. The van der Waals surface area contributed by atoms with Gasteiger partial charge in [-0.05, 0) is 85.9 Å². The van der Waals surface area contributed by atoms with Gasteiger partial charge < -0.3 is 10.2 Å². The van der Waals surface area contributed by atoms with Gasteiger partial charge in [-0.2, -0.15) is 0 Å². The molecule has 5 aliphatic carbocycles. The minimum atomic E-state index is -0.469. The van der Waals surface area contributed by atoms with Gasteiger partial charge in [-0.25, -0.2) is 0 Å². The molecule has 2 heteroatoms. The molecular formula is C21H34O2. The van der Waals surface area contributed by atoms with E-state index in [9.17, 15) is 10.2 Å². The van der Waals surface area contributed by atoms with E-state index in [0.717, 1.165) is 25.7 Å². The first-order valence-electron chi connectivity index (χ1n) is 10.3. The Balaban J connectivity index is 1.55. The summed E-state index contributed by atoms with van der Waals surface area (Å²) < 4.78 is 0. The average molecular weight is 319 g/mol. The number of aliphatic hydroxyl groups is 2. The maximum absolute atomic E-state index is 11.5. The first kappa shape index (κ1) is 15.2. The van der Waals surface area contributed by atoms with Crippen LogP contribution in [0.5, 0.6) is 0 Å². The van der Waals surface area contributed by atoms with Crippen LogP contribution in [0.2, 0.25) is 0 Å². The van der Waals surface area contributed by atoms with Gasteiger partial charge in [0.25, 0.3) is 0 Å². The summed E-state index contributed by atoms with van der Waals surface area (Å²) in [5.74, 6) is 0.781. The van der Waals surface area contributed by atoms with Crippen molar-refractivity contribution < 1.29 is 10.2 Å². The highest BCUT2D eigenvalue weighted by Crippen LogP contribution is 2.77. The lowest BCUT2D eigenvalue weighted by molar-refractivity contribution is -0.226. The third-order valence-corrected chi connectivity index (χ3v) is 9.48. The Hall–Kier alpha value is -0.0800. The molecule has 0 heterocycles. The molecule has 0 aliphatic heterocycles. The zero-order valence-corrected chi connectivity index (χ0v) is 14.8. The summed E-state index contributed by atoms with van der Waals surface area (Å²) in [6.45, 7) is 2.33. The van der Waals surface area contributed by atoms with Crippen LogP contribution in [-0.4, -0.2) is 21.9 Å². The van der Waals surface area contributed by atoms with Crippen LogP contribution in [0.25, 0.3) is 0 Å². The average Bonchev–Trinajstić information content (AvgIpc) is 3.03. The predicted molar refractivity (Wildman–Crippen MR) is 90.9 cm³/mol. The third-order valence-electron chi connectivity index (χ3n) is 9.48. The monoisotopic (exact) mass is 318 g/mol. The lowest BCUT2D eigenvalue weighted by atomic mass is 9.40. The second-order valence-electron chi connectivity index (χ2n) is 10.5. The second-order valence-corrected chi connectivity index (χ2v) is 10.5. The third kappa shape index (κ3) is 1.78. The molecule has 130 valence electrons. The van der Waals surface area contributed by atoms with E-state index in [1.165, 1.54) is 57.8 Å². The zero-order chi connectivity index (χ0) is 15.9. The fraction of sp³-hybridized carbons (Fsp3) is 1.00. The highest BCUT2D eigenvalue weighted by atomic mass is 16.3. The Kier molecular flexibility index (Phi) is 3.01. The van der Waals surface area contributed by atoms with Crippen molar-refractivity contribution in [2.24, 2.45) is 28.1 Å². The van der Waals surface area contributed by atoms with Crippen molar-refractivity contribution in [2.75, 3.05) is 0 Å². The standard InChI is InChI=1S/C21H34O2/c1-18-6-4-11-21(23,14-18)15-12-20(17(15)16(22)13-18)10-5-9-19(20)7-2-3-8-19/h15-17,22-23H,2-14H2,1H3. The molecule has 0 amide bonds. The topological polar surface area (TPSA) is 40.5 Å². The Labute approximate surface area is 141 Å². The van der Waals surface area contributed by atoms with E-state index < -0.39 is 5.60 Å². The number of fused-ring (bicyclic) bond motifs is 6. The van der Waals surface area contributed by atoms with Crippen molar-refractivity contribution >= 4 is 0 Å². The van der Waals surface area contributed by atoms with Crippen LogP contribution in [0, 0.1) is 28.1 Å². The minimum Gasteiger partial charge on any atom is -0.393 e. The van der Waals surface area contributed by atoms with Gasteiger partial charge in [0.1, 0.15) is 0 Å². The normalized spacial score (nSPS) is 57.3. The molecule has 5 aliphatic rings. The van der Waals surface area contributed by atoms with Gasteiger partial charge in [-0.3, -0.25) is 0 Å². The van der Waals surface area contributed by atoms with E-state index in [1.54, 1.807) is 0 Å². The Morgan fingerprint density at radius 3 is 2.30 bits per heavy atom. The maximum atomic E-state index is 11.5. The van der Waals surface area contributed by atoms with Crippen LogP contribution >= 0.6 is 0 Å². The van der Waals surface area contributed by atoms with Gasteiger partial charge in [0.15, 0.2) is 0 Å². The van der Waals surface area contributed by atoms with Crippen LogP contribution in [0.15, 0.2) is 0 Å². The lowest BCUT2D eigenvalue weighted by Gasteiger charge is -2.65. The Morgan fingerprint density at radius 2 is 1.52 bits per heavy atom. The van der Waals surface area contributed by atoms with E-state index in [4.69, 9.17) is 0 Å². The molecule has 0 aromatic rings. The number of aliphatic hydroxyl groups excluding tert-OH is 1. The smallest absolute Gasteiger partial charge is 0.0685 e. The predicted octanol–water partition coefficient (Wildman–Crippen LogP) is 4.43. The summed E-state index contributed by atoms with van der Waals surface area (Å²) in [4.78, 5) is 0. The van der Waals surface area contributed by atoms with Crippen molar-refractivity contribution in [3.05, 3.63) is 0 Å². The summed E-state index contributed by atoms with van der Waals surface area (Å²) in [7, 11) is 0. The van der Waals surface area contributed by atoms with Crippen molar-refractivity contribution in [3.8, 4) is 0 Å². The van der Waals surface area contributed by atoms with E-state index in [1.807, 2.05) is 0 Å². The highest BCUT2D eigenvalue weighted by Gasteiger charge is 2.72. The number of hydrogen-bond acceptors (Lipinski definition) is 2. The summed E-state index contributed by atoms with van der Waals surface area (Å²) in [6.07, 6.45) is 16.0. The summed E-state index contributed by atoms with van der Waals surface area (Å²) in [5.41, 5.74) is 0.622. The molecular weight excluding hydrogens is 284 g/mol. The molecule has 6 atom stereocenters. The molecule has 23 heavy (non-hydrogen) atoms. The van der Waals surface area contributed by atoms with E-state index >= 15 is 0 Å². The molecule has 5 rings (SSSR count). The van der Waals surface area contributed by atoms with Crippen LogP contribution < -0.4 is 0 Å². The largest absolute Gasteiger partial charge is 0.393 e. The minimum absolute atomic E-state index is 0.165. The van der Waals surface area contributed by atoms with Gasteiger partial charge >= 0.3 is 0 Å². The van der Waals surface area contributed by atoms with Crippen molar-refractivity contribution in [1.29, 1.82) is 0 Å². The first-order valence-corrected chi connectivity index (χ1v) is 10.3. The van der Waals surface area contributed by atoms with Crippen LogP contribution in [0.1, 0.15) is 90.4 Å². The van der Waals surface area contributed by atoms with Crippen molar-refractivity contribution in [2.45, 2.75) is 102 Å². The van der Waals surface area contributed by atoms with E-state index in [-0.39, 0.29) is 11.5 Å². The summed E-state index contributed by atoms with van der Waals surface area (Å²) >= 11 is 0. The molecule has 0 radical (unpaired) electrons. The number of rotatable bonds is 0. The van der Waals surface area contributed by atoms with Crippen LogP contribution in [0.3, 0.4) is 0 Å².